The Morgan fingerprint density at radius 2 is 1.74 bits per heavy atom. The molecule has 0 saturated carbocycles. The number of anilines is 1. The number of H-pyrrole nitrogens is 1. The van der Waals surface area contributed by atoms with Crippen LogP contribution in [0, 0.1) is 0 Å². The Kier molecular flexibility index (Phi) is 6.38. The van der Waals surface area contributed by atoms with E-state index in [2.05, 4.69) is 10.3 Å². The highest BCUT2D eigenvalue weighted by Crippen LogP contribution is 2.33. The number of pyridine rings is 1. The van der Waals surface area contributed by atoms with Crippen molar-refractivity contribution in [1.82, 2.24) is 9.88 Å². The number of fused-ring (bicyclic) bond motifs is 2. The van der Waals surface area contributed by atoms with Gasteiger partial charge in [-0.25, -0.2) is 0 Å². The maximum absolute atomic E-state index is 13.0. The second-order valence-corrected chi connectivity index (χ2v) is 8.81. The fraction of sp³-hybridized carbons (Fsp3) is 0.154. The Balaban J connectivity index is 1.46. The minimum Gasteiger partial charge on any atom is -0.486 e. The smallest absolute Gasteiger partial charge is 0.253 e. The van der Waals surface area contributed by atoms with E-state index in [0.29, 0.717) is 59.0 Å². The van der Waals surface area contributed by atoms with Gasteiger partial charge in [0.05, 0.1) is 12.1 Å². The molecule has 0 fully saturated rings. The molecule has 0 spiro atoms. The number of benzene rings is 3. The Labute approximate surface area is 207 Å². The minimum absolute atomic E-state index is 0.173. The number of hydrogen-bond acceptors (Lipinski definition) is 4. The number of thiocarbonyl (C=S) groups is 1. The van der Waals surface area contributed by atoms with Gasteiger partial charge in [0.1, 0.15) is 13.2 Å². The van der Waals surface area contributed by atoms with Gasteiger partial charge in [0.15, 0.2) is 16.6 Å². The van der Waals surface area contributed by atoms with E-state index in [1.54, 1.807) is 6.07 Å². The quantitative estimate of drug-likeness (QED) is 0.367. The van der Waals surface area contributed by atoms with Crippen molar-refractivity contribution in [2.24, 2.45) is 0 Å². The van der Waals surface area contributed by atoms with Crippen LogP contribution in [-0.4, -0.2) is 28.2 Å². The van der Waals surface area contributed by atoms with Gasteiger partial charge in [-0.3, -0.25) is 4.79 Å². The maximum atomic E-state index is 13.0. The molecule has 2 N–H and O–H groups in total. The van der Waals surface area contributed by atoms with Gasteiger partial charge in [0.25, 0.3) is 5.56 Å². The van der Waals surface area contributed by atoms with Crippen LogP contribution in [0.3, 0.4) is 0 Å². The van der Waals surface area contributed by atoms with Crippen LogP contribution in [0.25, 0.3) is 10.9 Å². The fourth-order valence-corrected chi connectivity index (χ4v) is 4.32. The first-order valence-corrected chi connectivity index (χ1v) is 11.6. The van der Waals surface area contributed by atoms with Gasteiger partial charge in [-0.05, 0) is 48.1 Å². The van der Waals surface area contributed by atoms with E-state index in [1.165, 1.54) is 0 Å². The molecule has 34 heavy (non-hydrogen) atoms. The van der Waals surface area contributed by atoms with E-state index in [-0.39, 0.29) is 5.56 Å². The first kappa shape index (κ1) is 22.3. The van der Waals surface area contributed by atoms with Crippen molar-refractivity contribution in [2.45, 2.75) is 13.1 Å². The first-order valence-electron chi connectivity index (χ1n) is 10.9. The largest absolute Gasteiger partial charge is 0.486 e. The van der Waals surface area contributed by atoms with E-state index in [1.807, 2.05) is 71.6 Å². The molecule has 0 aliphatic carbocycles. The van der Waals surface area contributed by atoms with Gasteiger partial charge in [-0.1, -0.05) is 48.0 Å². The summed E-state index contributed by atoms with van der Waals surface area (Å²) in [6.45, 7) is 1.85. The summed E-state index contributed by atoms with van der Waals surface area (Å²) in [7, 11) is 0. The molecular weight excluding hydrogens is 470 g/mol. The molecule has 2 heterocycles. The summed E-state index contributed by atoms with van der Waals surface area (Å²) in [5.41, 5.74) is 2.98. The van der Waals surface area contributed by atoms with Crippen LogP contribution >= 0.6 is 23.8 Å². The molecule has 0 bridgehead atoms. The van der Waals surface area contributed by atoms with Crippen molar-refractivity contribution >= 4 is 45.5 Å². The van der Waals surface area contributed by atoms with E-state index in [4.69, 9.17) is 33.3 Å². The van der Waals surface area contributed by atoms with Crippen molar-refractivity contribution in [3.05, 3.63) is 99.3 Å². The number of rotatable bonds is 5. The predicted octanol–water partition coefficient (Wildman–Crippen LogP) is 5.35. The molecule has 172 valence electrons. The lowest BCUT2D eigenvalue weighted by atomic mass is 10.1. The third kappa shape index (κ3) is 5.00. The van der Waals surface area contributed by atoms with Crippen molar-refractivity contribution in [2.75, 3.05) is 18.5 Å². The van der Waals surface area contributed by atoms with Crippen LogP contribution in [0.4, 0.5) is 5.69 Å². The van der Waals surface area contributed by atoms with Crippen molar-refractivity contribution in [3.63, 3.8) is 0 Å². The van der Waals surface area contributed by atoms with Crippen LogP contribution in [0.2, 0.25) is 5.02 Å². The third-order valence-electron chi connectivity index (χ3n) is 5.52. The third-order valence-corrected chi connectivity index (χ3v) is 6.12. The zero-order valence-corrected chi connectivity index (χ0v) is 19.8. The average molecular weight is 492 g/mol. The SMILES string of the molecule is O=c1[nH]c2cc3c(cc2cc1CN(Cc1ccccc1)C(=S)Nc1cccc(Cl)c1)OCCO3. The lowest BCUT2D eigenvalue weighted by molar-refractivity contribution is 0.172. The molecule has 1 aromatic heterocycles. The summed E-state index contributed by atoms with van der Waals surface area (Å²) in [5, 5.41) is 5.22. The van der Waals surface area contributed by atoms with Crippen LogP contribution < -0.4 is 20.3 Å². The lowest BCUT2D eigenvalue weighted by Crippen LogP contribution is -2.35. The predicted molar refractivity (Wildman–Crippen MR) is 139 cm³/mol. The number of aromatic amines is 1. The molecule has 3 aromatic carbocycles. The molecular formula is C26H22ClN3O3S. The van der Waals surface area contributed by atoms with Gasteiger partial charge in [-0.2, -0.15) is 0 Å². The summed E-state index contributed by atoms with van der Waals surface area (Å²) in [5.74, 6) is 1.32. The van der Waals surface area contributed by atoms with Gasteiger partial charge in [-0.15, -0.1) is 0 Å². The summed E-state index contributed by atoms with van der Waals surface area (Å²) in [6, 6.07) is 22.9. The Morgan fingerprint density at radius 1 is 0.971 bits per heavy atom. The second kappa shape index (κ2) is 9.75. The van der Waals surface area contributed by atoms with Crippen LogP contribution in [0.1, 0.15) is 11.1 Å². The van der Waals surface area contributed by atoms with Gasteiger partial charge >= 0.3 is 0 Å². The average Bonchev–Trinajstić information content (AvgIpc) is 2.83. The molecule has 0 radical (unpaired) electrons. The zero-order chi connectivity index (χ0) is 23.5. The van der Waals surface area contributed by atoms with Crippen molar-refractivity contribution in [1.29, 1.82) is 0 Å². The molecule has 1 aliphatic rings. The van der Waals surface area contributed by atoms with Gasteiger partial charge < -0.3 is 24.7 Å². The molecule has 0 unspecified atom stereocenters. The summed E-state index contributed by atoms with van der Waals surface area (Å²) in [4.78, 5) is 17.9. The normalized spacial score (nSPS) is 12.4. The minimum atomic E-state index is -0.173. The molecule has 4 aromatic rings. The Bertz CT molecular complexity index is 1410. The number of aromatic nitrogens is 1. The number of ether oxygens (including phenoxy) is 2. The van der Waals surface area contributed by atoms with Crippen molar-refractivity contribution in [3.8, 4) is 11.5 Å². The highest BCUT2D eigenvalue weighted by Gasteiger charge is 2.17. The summed E-state index contributed by atoms with van der Waals surface area (Å²) in [6.07, 6.45) is 0. The molecule has 8 heteroatoms. The lowest BCUT2D eigenvalue weighted by Gasteiger charge is -2.26. The zero-order valence-electron chi connectivity index (χ0n) is 18.2. The molecule has 0 saturated heterocycles. The van der Waals surface area contributed by atoms with Crippen molar-refractivity contribution < 1.29 is 9.47 Å². The maximum Gasteiger partial charge on any atom is 0.253 e. The number of hydrogen-bond donors (Lipinski definition) is 2. The van der Waals surface area contributed by atoms with E-state index < -0.39 is 0 Å². The number of nitrogens with zero attached hydrogens (tertiary/aromatic N) is 1. The van der Waals surface area contributed by atoms with Gasteiger partial charge in [0, 0.05) is 34.3 Å². The van der Waals surface area contributed by atoms with E-state index in [9.17, 15) is 4.79 Å². The number of halogens is 1. The molecule has 5 rings (SSSR count). The standard InChI is InChI=1S/C26H22ClN3O3S/c27-20-7-4-8-21(13-20)28-26(34)30(15-17-5-2-1-3-6-17)16-19-11-18-12-23-24(33-10-9-32-23)14-22(18)29-25(19)31/h1-8,11-14H,9-10,15-16H2,(H,28,34)(H,29,31). The Morgan fingerprint density at radius 3 is 2.50 bits per heavy atom. The van der Waals surface area contributed by atoms with E-state index in [0.717, 1.165) is 16.6 Å². The van der Waals surface area contributed by atoms with Crippen LogP contribution in [0.5, 0.6) is 11.5 Å². The molecule has 0 amide bonds. The Hall–Kier alpha value is -3.55. The fourth-order valence-electron chi connectivity index (χ4n) is 3.88. The van der Waals surface area contributed by atoms with Crippen LogP contribution in [-0.2, 0) is 13.1 Å². The molecule has 6 nitrogen and oxygen atoms in total. The van der Waals surface area contributed by atoms with E-state index >= 15 is 0 Å². The molecule has 0 atom stereocenters. The monoisotopic (exact) mass is 491 g/mol. The highest BCUT2D eigenvalue weighted by atomic mass is 35.5. The summed E-state index contributed by atoms with van der Waals surface area (Å²) >= 11 is 11.9. The topological polar surface area (TPSA) is 66.6 Å². The number of nitrogens with one attached hydrogen (secondary N) is 2. The summed E-state index contributed by atoms with van der Waals surface area (Å²) < 4.78 is 11.3. The molecule has 1 aliphatic heterocycles. The second-order valence-electron chi connectivity index (χ2n) is 7.99. The first-order chi connectivity index (χ1) is 16.5. The van der Waals surface area contributed by atoms with Crippen LogP contribution in [0.15, 0.2) is 77.6 Å². The van der Waals surface area contributed by atoms with Gasteiger partial charge in [0.2, 0.25) is 0 Å². The highest BCUT2D eigenvalue weighted by molar-refractivity contribution is 7.80.